The van der Waals surface area contributed by atoms with E-state index < -0.39 is 17.2 Å². The summed E-state index contributed by atoms with van der Waals surface area (Å²) >= 11 is 12.3. The second-order valence-electron chi connectivity index (χ2n) is 21.9. The van der Waals surface area contributed by atoms with Crippen molar-refractivity contribution in [2.24, 2.45) is 0 Å². The Balaban J connectivity index is 0.000000220. The lowest BCUT2D eigenvalue weighted by Gasteiger charge is -2.23. The Morgan fingerprint density at radius 2 is 0.636 bits per heavy atom. The van der Waals surface area contributed by atoms with Crippen LogP contribution in [0.2, 0.25) is 10.0 Å². The van der Waals surface area contributed by atoms with Gasteiger partial charge in [-0.05, 0) is 108 Å². The molecule has 0 fully saturated rings. The minimum atomic E-state index is -4.26. The minimum absolute atomic E-state index is 0.0919. The summed E-state index contributed by atoms with van der Waals surface area (Å²) in [6, 6.07) is 46.1. The van der Waals surface area contributed by atoms with Gasteiger partial charge in [-0.2, -0.15) is 13.2 Å². The molecule has 7 rings (SSSR count). The molecule has 0 aliphatic rings. The third-order valence-corrected chi connectivity index (χ3v) is 11.6. The molecule has 0 atom stereocenters. The molecule has 0 aromatic heterocycles. The van der Waals surface area contributed by atoms with Crippen LogP contribution < -0.4 is 0 Å². The molecule has 0 saturated carbocycles. The summed E-state index contributed by atoms with van der Waals surface area (Å²) in [6.45, 7) is 33.5. The normalized spacial score (nSPS) is 12.1. The predicted octanol–water partition coefficient (Wildman–Crippen LogP) is 20.0. The van der Waals surface area contributed by atoms with Crippen LogP contribution >= 0.6 is 23.2 Å². The molecule has 0 aliphatic heterocycles. The summed E-state index contributed by atoms with van der Waals surface area (Å²) in [7, 11) is 0. The van der Waals surface area contributed by atoms with Gasteiger partial charge in [-0.3, -0.25) is 0 Å². The lowest BCUT2D eigenvalue weighted by molar-refractivity contribution is -0.138. The molecule has 0 radical (unpaired) electrons. The van der Waals surface area contributed by atoms with Gasteiger partial charge in [0.2, 0.25) is 0 Å². The molecule has 66 heavy (non-hydrogen) atoms. The van der Waals surface area contributed by atoms with Crippen LogP contribution in [0.15, 0.2) is 146 Å². The topological polar surface area (TPSA) is 0 Å². The van der Waals surface area contributed by atoms with Gasteiger partial charge in [-0.25, -0.2) is 4.39 Å². The summed E-state index contributed by atoms with van der Waals surface area (Å²) in [5.74, 6) is -0.111. The molecule has 354 valence electrons. The number of fused-ring (bicyclic) bond motifs is 2. The maximum absolute atomic E-state index is 13.1. The number of alkyl halides is 3. The molecular weight excluding hydrogens is 868 g/mol. The van der Waals surface area contributed by atoms with E-state index in [1.165, 1.54) is 62.0 Å². The highest BCUT2D eigenvalue weighted by atomic mass is 35.5. The van der Waals surface area contributed by atoms with E-state index in [9.17, 15) is 17.6 Å². The van der Waals surface area contributed by atoms with Crippen molar-refractivity contribution in [3.8, 4) is 0 Å². The second kappa shape index (κ2) is 22.4. The van der Waals surface area contributed by atoms with Crippen LogP contribution in [0.3, 0.4) is 0 Å². The average molecular weight is 940 g/mol. The summed E-state index contributed by atoms with van der Waals surface area (Å²) in [5, 5.41) is 6.89. The quantitative estimate of drug-likeness (QED) is 0.133. The van der Waals surface area contributed by atoms with E-state index in [1.807, 2.05) is 63.2 Å². The largest absolute Gasteiger partial charge is 0.416 e. The van der Waals surface area contributed by atoms with Crippen LogP contribution in [0.25, 0.3) is 21.5 Å². The van der Waals surface area contributed by atoms with Gasteiger partial charge < -0.3 is 0 Å². The molecule has 0 bridgehead atoms. The second-order valence-corrected chi connectivity index (χ2v) is 22.7. The van der Waals surface area contributed by atoms with E-state index in [0.29, 0.717) is 5.56 Å². The zero-order valence-electron chi connectivity index (χ0n) is 42.1. The molecule has 0 saturated heterocycles. The third-order valence-electron chi connectivity index (χ3n) is 11.0. The van der Waals surface area contributed by atoms with E-state index in [4.69, 9.17) is 23.2 Å². The molecule has 7 aromatic rings. The SMILES string of the molecule is CC(C)(C)c1cccc2cccc(Cl)c12.CC(C)(C)c1ccccc1C(F)(F)F.CC(C)(C)c1ccccc1Cl.CC(C)(C)c1ccccc1F.Cc1cccc2cccc(C(C)(C)C)c12. The molecule has 6 heteroatoms. The van der Waals surface area contributed by atoms with Crippen molar-refractivity contribution in [1.29, 1.82) is 0 Å². The Kier molecular flexibility index (Phi) is 18.9. The van der Waals surface area contributed by atoms with Crippen molar-refractivity contribution in [2.75, 3.05) is 0 Å². The van der Waals surface area contributed by atoms with Gasteiger partial charge >= 0.3 is 6.18 Å². The smallest absolute Gasteiger partial charge is 0.207 e. The number of hydrogen-bond acceptors (Lipinski definition) is 0. The van der Waals surface area contributed by atoms with E-state index in [0.717, 1.165) is 21.7 Å². The van der Waals surface area contributed by atoms with Crippen LogP contribution in [0.1, 0.15) is 143 Å². The Bertz CT molecular complexity index is 2440. The zero-order valence-corrected chi connectivity index (χ0v) is 43.6. The number of hydrogen-bond donors (Lipinski definition) is 0. The van der Waals surface area contributed by atoms with Gasteiger partial charge in [0.15, 0.2) is 0 Å². The summed E-state index contributed by atoms with van der Waals surface area (Å²) in [4.78, 5) is 0. The van der Waals surface area contributed by atoms with Crippen LogP contribution in [0.4, 0.5) is 17.6 Å². The molecule has 0 nitrogen and oxygen atoms in total. The first kappa shape index (κ1) is 55.7. The summed E-state index contributed by atoms with van der Waals surface area (Å²) in [5.41, 5.74) is 5.84. The van der Waals surface area contributed by atoms with Gasteiger partial charge in [0.25, 0.3) is 0 Å². The summed E-state index contributed by atoms with van der Waals surface area (Å²) in [6.07, 6.45) is -4.26. The maximum atomic E-state index is 13.1. The maximum Gasteiger partial charge on any atom is 0.416 e. The van der Waals surface area contributed by atoms with Crippen molar-refractivity contribution in [3.63, 3.8) is 0 Å². The van der Waals surface area contributed by atoms with E-state index >= 15 is 0 Å². The van der Waals surface area contributed by atoms with Gasteiger partial charge in [0, 0.05) is 15.4 Å². The first-order valence-corrected chi connectivity index (χ1v) is 23.3. The molecule has 0 heterocycles. The zero-order chi connectivity index (χ0) is 50.1. The standard InChI is InChI=1S/C15H18.C14H15Cl.C11H13F3.C10H13Cl.C10H13F/c1-11-7-5-8-12-9-6-10-13(14(11)12)15(2,3)4;1-14(2,3)11-8-4-6-10-7-5-9-12(15)13(10)11;1-10(2,3)8-6-4-5-7-9(8)11(12,13)14;2*1-10(2,3)8-6-4-5-7-9(8)11/h5-10H,1-4H3;4-9H,1-3H3;4-7H,1-3H3;2*4-7H,1-3H3. The van der Waals surface area contributed by atoms with Gasteiger partial charge in [0.05, 0.1) is 5.56 Å². The molecule has 0 amide bonds. The number of rotatable bonds is 0. The Morgan fingerprint density at radius 1 is 0.318 bits per heavy atom. The number of benzene rings is 7. The first-order valence-electron chi connectivity index (χ1n) is 22.6. The van der Waals surface area contributed by atoms with Gasteiger partial charge in [-0.1, -0.05) is 248 Å². The van der Waals surface area contributed by atoms with Crippen molar-refractivity contribution >= 4 is 44.7 Å². The van der Waals surface area contributed by atoms with Crippen molar-refractivity contribution in [2.45, 2.75) is 144 Å². The van der Waals surface area contributed by atoms with Crippen LogP contribution in [-0.4, -0.2) is 0 Å². The van der Waals surface area contributed by atoms with Crippen LogP contribution in [-0.2, 0) is 33.3 Å². The highest BCUT2D eigenvalue weighted by Crippen LogP contribution is 2.38. The van der Waals surface area contributed by atoms with Crippen LogP contribution in [0, 0.1) is 12.7 Å². The highest BCUT2D eigenvalue weighted by molar-refractivity contribution is 6.35. The van der Waals surface area contributed by atoms with Crippen molar-refractivity contribution < 1.29 is 17.6 Å². The fraction of sp³-hybridized carbons (Fsp3) is 0.367. The molecule has 7 aromatic carbocycles. The number of aryl methyl sites for hydroxylation is 1. The van der Waals surface area contributed by atoms with Crippen molar-refractivity contribution in [1.82, 2.24) is 0 Å². The Hall–Kier alpha value is -4.64. The number of halogens is 6. The molecule has 0 aliphatic carbocycles. The molecule has 0 unspecified atom stereocenters. The first-order chi connectivity index (χ1) is 30.3. The Morgan fingerprint density at radius 3 is 1.02 bits per heavy atom. The van der Waals surface area contributed by atoms with Gasteiger partial charge in [0.1, 0.15) is 5.82 Å². The minimum Gasteiger partial charge on any atom is -0.207 e. The lowest BCUT2D eigenvalue weighted by Crippen LogP contribution is -2.19. The fourth-order valence-electron chi connectivity index (χ4n) is 7.60. The fourth-order valence-corrected chi connectivity index (χ4v) is 8.30. The van der Waals surface area contributed by atoms with Gasteiger partial charge in [-0.15, -0.1) is 0 Å². The Labute approximate surface area is 404 Å². The van der Waals surface area contributed by atoms with E-state index in [-0.39, 0.29) is 27.5 Å². The average Bonchev–Trinajstić information content (AvgIpc) is 3.20. The van der Waals surface area contributed by atoms with Crippen LogP contribution in [0.5, 0.6) is 0 Å². The molecular formula is C60H72Cl2F4. The molecule has 0 N–H and O–H groups in total. The monoisotopic (exact) mass is 938 g/mol. The predicted molar refractivity (Wildman–Crippen MR) is 280 cm³/mol. The summed E-state index contributed by atoms with van der Waals surface area (Å²) < 4.78 is 50.8. The van der Waals surface area contributed by atoms with E-state index in [1.54, 1.807) is 32.9 Å². The van der Waals surface area contributed by atoms with E-state index in [2.05, 4.69) is 136 Å². The van der Waals surface area contributed by atoms with Crippen molar-refractivity contribution in [3.05, 3.63) is 200 Å². The molecule has 0 spiro atoms. The highest BCUT2D eigenvalue weighted by Gasteiger charge is 2.35. The third kappa shape index (κ3) is 16.0. The lowest BCUT2D eigenvalue weighted by atomic mass is 9.82.